The van der Waals surface area contributed by atoms with Crippen LogP contribution in [0.4, 0.5) is 5.69 Å². The van der Waals surface area contributed by atoms with Crippen molar-refractivity contribution >= 4 is 17.6 Å². The van der Waals surface area contributed by atoms with Gasteiger partial charge in [-0.1, -0.05) is 12.5 Å². The second kappa shape index (κ2) is 7.49. The molecule has 0 aliphatic heterocycles. The van der Waals surface area contributed by atoms with E-state index in [1.54, 1.807) is 0 Å². The molecule has 1 fully saturated rings. The molecule has 5 nitrogen and oxygen atoms in total. The Hall–Kier alpha value is -2.04. The molecule has 0 saturated heterocycles. The van der Waals surface area contributed by atoms with Crippen LogP contribution in [0.1, 0.15) is 43.2 Å². The van der Waals surface area contributed by atoms with Gasteiger partial charge in [-0.25, -0.2) is 0 Å². The molecule has 0 heterocycles. The molecule has 1 saturated carbocycles. The standard InChI is InChI=1S/C18H26N4O/c19-18(21-11-3-10-20-17(23)14-5-2-6-14)22-16-9-8-13-4-1-7-15(13)12-16/h8-9,12,14H,1-7,10-11H2,(H,20,23)(H3,19,21,22). The molecule has 23 heavy (non-hydrogen) atoms. The van der Waals surface area contributed by atoms with Gasteiger partial charge in [0.15, 0.2) is 5.96 Å². The fraction of sp³-hybridized carbons (Fsp3) is 0.556. The average molecular weight is 314 g/mol. The minimum Gasteiger partial charge on any atom is -0.370 e. The number of rotatable bonds is 6. The lowest BCUT2D eigenvalue weighted by Crippen LogP contribution is -2.35. The molecule has 4 N–H and O–H groups in total. The Kier molecular flexibility index (Phi) is 5.16. The quantitative estimate of drug-likeness (QED) is 0.428. The summed E-state index contributed by atoms with van der Waals surface area (Å²) in [5.74, 6) is 0.891. The first kappa shape index (κ1) is 15.8. The van der Waals surface area contributed by atoms with Gasteiger partial charge in [0.1, 0.15) is 0 Å². The van der Waals surface area contributed by atoms with Crippen molar-refractivity contribution in [3.8, 4) is 0 Å². The van der Waals surface area contributed by atoms with Gasteiger partial charge < -0.3 is 16.4 Å². The van der Waals surface area contributed by atoms with Gasteiger partial charge in [-0.05, 0) is 61.8 Å². The van der Waals surface area contributed by atoms with Crippen LogP contribution in [0.3, 0.4) is 0 Å². The van der Waals surface area contributed by atoms with E-state index in [1.807, 2.05) is 0 Å². The number of nitrogens with one attached hydrogen (secondary N) is 2. The molecule has 0 radical (unpaired) electrons. The maximum absolute atomic E-state index is 11.7. The minimum atomic E-state index is 0.199. The van der Waals surface area contributed by atoms with E-state index in [1.165, 1.54) is 30.4 Å². The van der Waals surface area contributed by atoms with Crippen molar-refractivity contribution in [2.45, 2.75) is 44.9 Å². The third-order valence-electron chi connectivity index (χ3n) is 4.76. The molecule has 0 unspecified atom stereocenters. The van der Waals surface area contributed by atoms with Crippen LogP contribution in [0.15, 0.2) is 23.2 Å². The fourth-order valence-corrected chi connectivity index (χ4v) is 3.14. The molecule has 1 aromatic carbocycles. The Bertz CT molecular complexity index is 593. The molecule has 2 aliphatic rings. The van der Waals surface area contributed by atoms with Crippen LogP contribution in [-0.2, 0) is 17.6 Å². The number of anilines is 1. The Labute approximate surface area is 137 Å². The minimum absolute atomic E-state index is 0.199. The van der Waals surface area contributed by atoms with Crippen LogP contribution >= 0.6 is 0 Å². The third-order valence-corrected chi connectivity index (χ3v) is 4.76. The van der Waals surface area contributed by atoms with Crippen LogP contribution in [0.2, 0.25) is 0 Å². The predicted molar refractivity (Wildman–Crippen MR) is 93.5 cm³/mol. The van der Waals surface area contributed by atoms with Gasteiger partial charge in [-0.3, -0.25) is 9.79 Å². The molecule has 5 heteroatoms. The summed E-state index contributed by atoms with van der Waals surface area (Å²) in [6, 6.07) is 6.41. The highest BCUT2D eigenvalue weighted by atomic mass is 16.1. The Balaban J connectivity index is 1.37. The molecule has 3 rings (SSSR count). The summed E-state index contributed by atoms with van der Waals surface area (Å²) in [7, 11) is 0. The van der Waals surface area contributed by atoms with Crippen molar-refractivity contribution in [2.24, 2.45) is 16.6 Å². The number of benzene rings is 1. The lowest BCUT2D eigenvalue weighted by Gasteiger charge is -2.23. The first-order chi connectivity index (χ1) is 11.2. The van der Waals surface area contributed by atoms with Crippen molar-refractivity contribution in [1.82, 2.24) is 5.32 Å². The van der Waals surface area contributed by atoms with E-state index >= 15 is 0 Å². The molecule has 0 spiro atoms. The summed E-state index contributed by atoms with van der Waals surface area (Å²) in [5.41, 5.74) is 9.80. The van der Waals surface area contributed by atoms with Crippen molar-refractivity contribution in [3.05, 3.63) is 29.3 Å². The summed E-state index contributed by atoms with van der Waals surface area (Å²) < 4.78 is 0. The molecule has 0 aromatic heterocycles. The summed E-state index contributed by atoms with van der Waals surface area (Å²) in [4.78, 5) is 16.0. The number of aliphatic imine (C=N–C) groups is 1. The number of nitrogens with two attached hydrogens (primary N) is 1. The van der Waals surface area contributed by atoms with Crippen LogP contribution in [0.5, 0.6) is 0 Å². The lowest BCUT2D eigenvalue weighted by atomic mass is 9.85. The van der Waals surface area contributed by atoms with Gasteiger partial charge in [-0.2, -0.15) is 0 Å². The van der Waals surface area contributed by atoms with E-state index in [0.29, 0.717) is 19.0 Å². The zero-order valence-corrected chi connectivity index (χ0v) is 13.6. The number of hydrogen-bond acceptors (Lipinski definition) is 2. The number of nitrogens with zero attached hydrogens (tertiary/aromatic N) is 1. The zero-order chi connectivity index (χ0) is 16.1. The molecule has 1 amide bonds. The summed E-state index contributed by atoms with van der Waals surface area (Å²) in [6.07, 6.45) is 7.67. The SMILES string of the molecule is NC(=NCCCNC(=O)C1CCC1)Nc1ccc2c(c1)CCC2. The largest absolute Gasteiger partial charge is 0.370 e. The van der Waals surface area contributed by atoms with E-state index in [2.05, 4.69) is 33.8 Å². The maximum Gasteiger partial charge on any atom is 0.223 e. The molecular formula is C18H26N4O. The van der Waals surface area contributed by atoms with Gasteiger partial charge >= 0.3 is 0 Å². The fourth-order valence-electron chi connectivity index (χ4n) is 3.14. The molecule has 0 atom stereocenters. The number of amides is 1. The van der Waals surface area contributed by atoms with Crippen LogP contribution in [-0.4, -0.2) is 25.0 Å². The van der Waals surface area contributed by atoms with Crippen LogP contribution in [0, 0.1) is 5.92 Å². The summed E-state index contributed by atoms with van der Waals surface area (Å²) in [6.45, 7) is 1.29. The van der Waals surface area contributed by atoms with Crippen LogP contribution < -0.4 is 16.4 Å². The Morgan fingerprint density at radius 2 is 2.04 bits per heavy atom. The number of carbonyl (C=O) groups excluding carboxylic acids is 1. The Morgan fingerprint density at radius 3 is 2.83 bits per heavy atom. The number of aryl methyl sites for hydroxylation is 2. The molecular weight excluding hydrogens is 288 g/mol. The molecule has 0 bridgehead atoms. The van der Waals surface area contributed by atoms with Gasteiger partial charge in [0.2, 0.25) is 5.91 Å². The second-order valence-electron chi connectivity index (χ2n) is 6.50. The second-order valence-corrected chi connectivity index (χ2v) is 6.50. The topological polar surface area (TPSA) is 79.5 Å². The number of carbonyl (C=O) groups is 1. The summed E-state index contributed by atoms with van der Waals surface area (Å²) >= 11 is 0. The van der Waals surface area contributed by atoms with E-state index < -0.39 is 0 Å². The maximum atomic E-state index is 11.7. The van der Waals surface area contributed by atoms with Crippen LogP contribution in [0.25, 0.3) is 0 Å². The zero-order valence-electron chi connectivity index (χ0n) is 13.6. The van der Waals surface area contributed by atoms with Crippen molar-refractivity contribution in [3.63, 3.8) is 0 Å². The third kappa shape index (κ3) is 4.24. The highest BCUT2D eigenvalue weighted by molar-refractivity contribution is 5.92. The first-order valence-corrected chi connectivity index (χ1v) is 8.69. The van der Waals surface area contributed by atoms with E-state index in [0.717, 1.165) is 31.4 Å². The molecule has 1 aromatic rings. The highest BCUT2D eigenvalue weighted by Crippen LogP contribution is 2.26. The first-order valence-electron chi connectivity index (χ1n) is 8.69. The highest BCUT2D eigenvalue weighted by Gasteiger charge is 2.24. The van der Waals surface area contributed by atoms with E-state index in [9.17, 15) is 4.79 Å². The number of fused-ring (bicyclic) bond motifs is 1. The van der Waals surface area contributed by atoms with E-state index in [-0.39, 0.29) is 11.8 Å². The van der Waals surface area contributed by atoms with Gasteiger partial charge in [0.05, 0.1) is 0 Å². The summed E-state index contributed by atoms with van der Waals surface area (Å²) in [5, 5.41) is 6.12. The normalized spacial score (nSPS) is 17.5. The van der Waals surface area contributed by atoms with Crippen molar-refractivity contribution in [1.29, 1.82) is 0 Å². The smallest absolute Gasteiger partial charge is 0.223 e. The monoisotopic (exact) mass is 314 g/mol. The van der Waals surface area contributed by atoms with Gasteiger partial charge in [0, 0.05) is 24.7 Å². The number of guanidine groups is 1. The van der Waals surface area contributed by atoms with Gasteiger partial charge in [-0.15, -0.1) is 0 Å². The van der Waals surface area contributed by atoms with E-state index in [4.69, 9.17) is 5.73 Å². The van der Waals surface area contributed by atoms with Crippen molar-refractivity contribution < 1.29 is 4.79 Å². The predicted octanol–water partition coefficient (Wildman–Crippen LogP) is 2.21. The average Bonchev–Trinajstić information content (AvgIpc) is 2.92. The molecule has 124 valence electrons. The number of hydrogen-bond donors (Lipinski definition) is 3. The van der Waals surface area contributed by atoms with Gasteiger partial charge in [0.25, 0.3) is 0 Å². The lowest BCUT2D eigenvalue weighted by molar-refractivity contribution is -0.127. The van der Waals surface area contributed by atoms with Crippen molar-refractivity contribution in [2.75, 3.05) is 18.4 Å². The molecule has 2 aliphatic carbocycles. The Morgan fingerprint density at radius 1 is 1.22 bits per heavy atom.